The van der Waals surface area contributed by atoms with Gasteiger partial charge < -0.3 is 14.6 Å². The second-order valence-corrected chi connectivity index (χ2v) is 9.46. The molecule has 1 heterocycles. The van der Waals surface area contributed by atoms with E-state index in [2.05, 4.69) is 18.8 Å². The number of nitrogens with zero attached hydrogens (tertiary/aromatic N) is 1. The Morgan fingerprint density at radius 2 is 1.80 bits per heavy atom. The molecule has 3 rings (SSSR count). The number of aliphatic hydroxyl groups is 1. The largest absolute Gasteiger partial charge is 0.506 e. The minimum Gasteiger partial charge on any atom is -0.506 e. The Hall–Kier alpha value is -3.32. The molecular formula is C28H31NO5S. The average molecular weight is 494 g/mol. The third kappa shape index (κ3) is 5.85. The van der Waals surface area contributed by atoms with E-state index in [1.807, 2.05) is 45.0 Å². The van der Waals surface area contributed by atoms with Crippen molar-refractivity contribution in [1.29, 1.82) is 0 Å². The van der Waals surface area contributed by atoms with E-state index in [-0.39, 0.29) is 28.9 Å². The van der Waals surface area contributed by atoms with Crippen LogP contribution >= 0.6 is 11.8 Å². The lowest BCUT2D eigenvalue weighted by Gasteiger charge is -2.16. The first-order chi connectivity index (χ1) is 16.7. The lowest BCUT2D eigenvalue weighted by Crippen LogP contribution is -2.14. The molecule has 0 aromatic heterocycles. The fourth-order valence-corrected chi connectivity index (χ4v) is 4.70. The van der Waals surface area contributed by atoms with Gasteiger partial charge >= 0.3 is 5.97 Å². The first-order valence-corrected chi connectivity index (χ1v) is 12.5. The number of hydrogen-bond acceptors (Lipinski definition) is 6. The van der Waals surface area contributed by atoms with E-state index < -0.39 is 11.9 Å². The number of aliphatic imine (C=N–C) groups is 1. The van der Waals surface area contributed by atoms with Gasteiger partial charge in [0.1, 0.15) is 22.1 Å². The summed E-state index contributed by atoms with van der Waals surface area (Å²) in [5.74, 6) is -0.388. The fraction of sp³-hybridized carbons (Fsp3) is 0.321. The highest BCUT2D eigenvalue weighted by molar-refractivity contribution is 8.18. The molecule has 0 radical (unpaired) electrons. The van der Waals surface area contributed by atoms with Gasteiger partial charge in [0, 0.05) is 5.56 Å². The maximum atomic E-state index is 12.9. The zero-order valence-corrected chi connectivity index (χ0v) is 21.8. The zero-order chi connectivity index (χ0) is 25.7. The smallest absolute Gasteiger partial charge is 0.344 e. The van der Waals surface area contributed by atoms with Gasteiger partial charge in [0.15, 0.2) is 0 Å². The second-order valence-electron chi connectivity index (χ2n) is 8.43. The third-order valence-electron chi connectivity index (χ3n) is 5.56. The Labute approximate surface area is 210 Å². The first kappa shape index (κ1) is 26.3. The summed E-state index contributed by atoms with van der Waals surface area (Å²) < 4.78 is 11.0. The maximum Gasteiger partial charge on any atom is 0.344 e. The van der Waals surface area contributed by atoms with Crippen LogP contribution < -0.4 is 4.74 Å². The van der Waals surface area contributed by atoms with E-state index in [1.165, 1.54) is 0 Å². The van der Waals surface area contributed by atoms with Gasteiger partial charge in [-0.25, -0.2) is 9.79 Å². The maximum absolute atomic E-state index is 12.9. The number of thioether (sulfide) groups is 1. The Kier molecular flexibility index (Phi) is 8.57. The van der Waals surface area contributed by atoms with Crippen molar-refractivity contribution < 1.29 is 24.2 Å². The Morgan fingerprint density at radius 3 is 2.43 bits per heavy atom. The second kappa shape index (κ2) is 11.4. The molecule has 1 N–H and O–H groups in total. The summed E-state index contributed by atoms with van der Waals surface area (Å²) in [6, 6.07) is 11.1. The van der Waals surface area contributed by atoms with E-state index in [0.29, 0.717) is 17.1 Å². The summed E-state index contributed by atoms with van der Waals surface area (Å²) in [7, 11) is 0. The van der Waals surface area contributed by atoms with Crippen molar-refractivity contribution in [2.45, 2.75) is 47.5 Å². The number of benzene rings is 2. The molecule has 0 fully saturated rings. The topological polar surface area (TPSA) is 85.2 Å². The third-order valence-corrected chi connectivity index (χ3v) is 6.58. The molecule has 0 atom stereocenters. The summed E-state index contributed by atoms with van der Waals surface area (Å²) in [5, 5.41) is 11.1. The van der Waals surface area contributed by atoms with Crippen LogP contribution in [0.2, 0.25) is 0 Å². The van der Waals surface area contributed by atoms with Gasteiger partial charge in [-0.1, -0.05) is 43.8 Å². The van der Waals surface area contributed by atoms with Gasteiger partial charge in [-0.05, 0) is 80.1 Å². The van der Waals surface area contributed by atoms with Crippen molar-refractivity contribution in [3.63, 3.8) is 0 Å². The van der Waals surface area contributed by atoms with Crippen molar-refractivity contribution in [2.24, 2.45) is 4.99 Å². The van der Waals surface area contributed by atoms with Gasteiger partial charge in [-0.15, -0.1) is 0 Å². The van der Waals surface area contributed by atoms with Crippen LogP contribution in [-0.2, 0) is 9.53 Å². The lowest BCUT2D eigenvalue weighted by molar-refractivity contribution is -0.138. The van der Waals surface area contributed by atoms with Gasteiger partial charge in [0.2, 0.25) is 0 Å². The SMILES string of the molecule is CCOC(=O)C1=C(O)/C(=C/c2cc(C(C)C)c(OCC)cc2C)SC1=NC(=O)c1ccccc1C. The zero-order valence-electron chi connectivity index (χ0n) is 21.0. The number of aryl methyl sites for hydroxylation is 2. The molecule has 0 saturated carbocycles. The molecule has 0 spiro atoms. The van der Waals surface area contributed by atoms with E-state index in [4.69, 9.17) is 9.47 Å². The van der Waals surface area contributed by atoms with E-state index in [0.717, 1.165) is 39.8 Å². The standard InChI is InChI=1S/C28H31NO5S/c1-7-33-22-13-18(6)19(14-21(22)16(3)4)15-23-25(30)24(28(32)34-8-2)27(35-23)29-26(31)20-12-10-9-11-17(20)5/h9-16,30H,7-8H2,1-6H3/b23-15-,29-27?. The number of ether oxygens (including phenoxy) is 2. The Bertz CT molecular complexity index is 1240. The van der Waals surface area contributed by atoms with Crippen molar-refractivity contribution in [1.82, 2.24) is 0 Å². The molecule has 2 aromatic carbocycles. The van der Waals surface area contributed by atoms with E-state index in [1.54, 1.807) is 25.1 Å². The van der Waals surface area contributed by atoms with Crippen LogP contribution in [0.1, 0.15) is 66.2 Å². The highest BCUT2D eigenvalue weighted by Crippen LogP contribution is 2.40. The summed E-state index contributed by atoms with van der Waals surface area (Å²) in [4.78, 5) is 30.2. The molecule has 0 saturated heterocycles. The number of carbonyl (C=O) groups excluding carboxylic acids is 2. The molecule has 1 aliphatic rings. The number of rotatable bonds is 7. The monoisotopic (exact) mass is 493 g/mol. The molecule has 1 aliphatic heterocycles. The molecule has 6 nitrogen and oxygen atoms in total. The fourth-order valence-electron chi connectivity index (χ4n) is 3.70. The molecule has 7 heteroatoms. The van der Waals surface area contributed by atoms with Crippen LogP contribution in [0.4, 0.5) is 0 Å². The quantitative estimate of drug-likeness (QED) is 0.442. The molecule has 1 amide bonds. The van der Waals surface area contributed by atoms with Gasteiger partial charge in [0.25, 0.3) is 5.91 Å². The highest BCUT2D eigenvalue weighted by atomic mass is 32.2. The number of hydrogen-bond donors (Lipinski definition) is 1. The molecule has 35 heavy (non-hydrogen) atoms. The Morgan fingerprint density at radius 1 is 1.09 bits per heavy atom. The lowest BCUT2D eigenvalue weighted by atomic mass is 9.96. The van der Waals surface area contributed by atoms with Gasteiger partial charge in [-0.2, -0.15) is 0 Å². The molecule has 0 unspecified atom stereocenters. The number of esters is 1. The van der Waals surface area contributed by atoms with Crippen LogP contribution in [0.5, 0.6) is 5.75 Å². The summed E-state index contributed by atoms with van der Waals surface area (Å²) >= 11 is 1.08. The van der Waals surface area contributed by atoms with E-state index >= 15 is 0 Å². The van der Waals surface area contributed by atoms with Crippen LogP contribution in [0.15, 0.2) is 57.6 Å². The predicted molar refractivity (Wildman–Crippen MR) is 141 cm³/mol. The normalized spacial score (nSPS) is 15.9. The van der Waals surface area contributed by atoms with Gasteiger partial charge in [0.05, 0.1) is 18.1 Å². The van der Waals surface area contributed by atoms with Gasteiger partial charge in [-0.3, -0.25) is 4.79 Å². The molecule has 0 aliphatic carbocycles. The first-order valence-electron chi connectivity index (χ1n) is 11.6. The van der Waals surface area contributed by atoms with Crippen LogP contribution in [0.25, 0.3) is 6.08 Å². The highest BCUT2D eigenvalue weighted by Gasteiger charge is 2.34. The molecular weight excluding hydrogens is 462 g/mol. The van der Waals surface area contributed by atoms with Crippen LogP contribution in [-0.4, -0.2) is 35.2 Å². The number of carbonyl (C=O) groups is 2. The summed E-state index contributed by atoms with van der Waals surface area (Å²) in [5.41, 5.74) is 3.99. The minimum absolute atomic E-state index is 0.0993. The van der Waals surface area contributed by atoms with Crippen molar-refractivity contribution in [3.8, 4) is 5.75 Å². The average Bonchev–Trinajstić information content (AvgIpc) is 3.10. The summed E-state index contributed by atoms with van der Waals surface area (Å²) in [6.45, 7) is 12.3. The van der Waals surface area contributed by atoms with Crippen molar-refractivity contribution in [3.05, 3.63) is 80.5 Å². The summed E-state index contributed by atoms with van der Waals surface area (Å²) in [6.07, 6.45) is 1.80. The van der Waals surface area contributed by atoms with Crippen molar-refractivity contribution >= 4 is 34.8 Å². The Balaban J connectivity index is 2.09. The predicted octanol–water partition coefficient (Wildman–Crippen LogP) is 6.53. The minimum atomic E-state index is -0.719. The van der Waals surface area contributed by atoms with E-state index in [9.17, 15) is 14.7 Å². The van der Waals surface area contributed by atoms with Crippen LogP contribution in [0, 0.1) is 13.8 Å². The molecule has 0 bridgehead atoms. The van der Waals surface area contributed by atoms with Crippen molar-refractivity contribution in [2.75, 3.05) is 13.2 Å². The molecule has 2 aromatic rings. The number of aliphatic hydroxyl groups excluding tert-OH is 1. The van der Waals surface area contributed by atoms with Crippen LogP contribution in [0.3, 0.4) is 0 Å². The molecule has 184 valence electrons. The number of amides is 1.